The zero-order valence-electron chi connectivity index (χ0n) is 8.27. The van der Waals surface area contributed by atoms with Gasteiger partial charge >= 0.3 is 5.97 Å². The molecule has 1 aromatic carbocycles. The molecular formula is C12H14O2. The molecule has 0 saturated heterocycles. The fourth-order valence-electron chi connectivity index (χ4n) is 1.10. The number of rotatable bonds is 4. The van der Waals surface area contributed by atoms with Crippen molar-refractivity contribution in [3.63, 3.8) is 0 Å². The van der Waals surface area contributed by atoms with Gasteiger partial charge in [-0.2, -0.15) is 0 Å². The molecule has 0 bridgehead atoms. The summed E-state index contributed by atoms with van der Waals surface area (Å²) in [6, 6.07) is 9.98. The van der Waals surface area contributed by atoms with Crippen LogP contribution in [0.15, 0.2) is 42.5 Å². The molecule has 0 aromatic heterocycles. The molecule has 0 aliphatic carbocycles. The second-order valence-corrected chi connectivity index (χ2v) is 2.84. The highest BCUT2D eigenvalue weighted by atomic mass is 16.5. The highest BCUT2D eigenvalue weighted by Gasteiger charge is 1.92. The van der Waals surface area contributed by atoms with Crippen molar-refractivity contribution in [2.24, 2.45) is 0 Å². The molecule has 2 heteroatoms. The summed E-state index contributed by atoms with van der Waals surface area (Å²) >= 11 is 0. The van der Waals surface area contributed by atoms with E-state index >= 15 is 0 Å². The third-order valence-corrected chi connectivity index (χ3v) is 1.74. The lowest BCUT2D eigenvalue weighted by molar-refractivity contribution is -0.137. The largest absolute Gasteiger partial charge is 0.463 e. The second kappa shape index (κ2) is 5.97. The van der Waals surface area contributed by atoms with E-state index in [0.29, 0.717) is 6.61 Å². The van der Waals surface area contributed by atoms with Crippen LogP contribution >= 0.6 is 0 Å². The quantitative estimate of drug-likeness (QED) is 0.538. The molecule has 0 unspecified atom stereocenters. The smallest absolute Gasteiger partial charge is 0.330 e. The van der Waals surface area contributed by atoms with Crippen LogP contribution in [-0.2, 0) is 16.0 Å². The predicted molar refractivity (Wildman–Crippen MR) is 55.9 cm³/mol. The molecule has 14 heavy (non-hydrogen) atoms. The van der Waals surface area contributed by atoms with E-state index < -0.39 is 0 Å². The standard InChI is InChI=1S/C12H14O2/c1-2-14-12(13)10-6-9-11-7-4-3-5-8-11/h3-8,10H,2,9H2,1H3/b10-6+. The fraction of sp³-hybridized carbons (Fsp3) is 0.250. The third kappa shape index (κ3) is 3.90. The first-order valence-corrected chi connectivity index (χ1v) is 4.70. The summed E-state index contributed by atoms with van der Waals surface area (Å²) in [6.45, 7) is 2.22. The lowest BCUT2D eigenvalue weighted by atomic mass is 10.1. The van der Waals surface area contributed by atoms with Crippen LogP contribution < -0.4 is 0 Å². The van der Waals surface area contributed by atoms with Gasteiger partial charge in [0.05, 0.1) is 6.61 Å². The van der Waals surface area contributed by atoms with Gasteiger partial charge in [0, 0.05) is 6.08 Å². The fourth-order valence-corrected chi connectivity index (χ4v) is 1.10. The molecule has 0 fully saturated rings. The first-order chi connectivity index (χ1) is 6.83. The van der Waals surface area contributed by atoms with E-state index in [2.05, 4.69) is 0 Å². The lowest BCUT2D eigenvalue weighted by Gasteiger charge is -1.95. The number of esters is 1. The van der Waals surface area contributed by atoms with Crippen LogP contribution in [0.2, 0.25) is 0 Å². The molecular weight excluding hydrogens is 176 g/mol. The van der Waals surface area contributed by atoms with Crippen molar-refractivity contribution >= 4 is 5.97 Å². The van der Waals surface area contributed by atoms with Gasteiger partial charge < -0.3 is 4.74 Å². The van der Waals surface area contributed by atoms with Crippen molar-refractivity contribution in [2.75, 3.05) is 6.61 Å². The summed E-state index contributed by atoms with van der Waals surface area (Å²) in [7, 11) is 0. The number of allylic oxidation sites excluding steroid dienone is 1. The van der Waals surface area contributed by atoms with E-state index in [-0.39, 0.29) is 5.97 Å². The minimum Gasteiger partial charge on any atom is -0.463 e. The summed E-state index contributed by atoms with van der Waals surface area (Å²) in [6.07, 6.45) is 4.05. The second-order valence-electron chi connectivity index (χ2n) is 2.84. The minimum absolute atomic E-state index is 0.275. The Labute approximate surface area is 84.2 Å². The molecule has 2 nitrogen and oxygen atoms in total. The maximum atomic E-state index is 10.9. The Morgan fingerprint density at radius 1 is 1.36 bits per heavy atom. The Morgan fingerprint density at radius 3 is 2.71 bits per heavy atom. The van der Waals surface area contributed by atoms with Crippen LogP contribution in [0, 0.1) is 0 Å². The molecule has 74 valence electrons. The molecule has 0 N–H and O–H groups in total. The minimum atomic E-state index is -0.275. The van der Waals surface area contributed by atoms with Crippen molar-refractivity contribution in [2.45, 2.75) is 13.3 Å². The van der Waals surface area contributed by atoms with E-state index in [9.17, 15) is 4.79 Å². The van der Waals surface area contributed by atoms with Gasteiger partial charge in [-0.15, -0.1) is 0 Å². The molecule has 0 aliphatic heterocycles. The van der Waals surface area contributed by atoms with Crippen LogP contribution in [0.25, 0.3) is 0 Å². The van der Waals surface area contributed by atoms with Gasteiger partial charge in [-0.05, 0) is 18.9 Å². The Morgan fingerprint density at radius 2 is 2.07 bits per heavy atom. The average Bonchev–Trinajstić information content (AvgIpc) is 2.20. The van der Waals surface area contributed by atoms with Crippen molar-refractivity contribution < 1.29 is 9.53 Å². The normalized spacial score (nSPS) is 10.4. The molecule has 1 aromatic rings. The van der Waals surface area contributed by atoms with Gasteiger partial charge in [0.15, 0.2) is 0 Å². The molecule has 0 amide bonds. The zero-order valence-corrected chi connectivity index (χ0v) is 8.27. The topological polar surface area (TPSA) is 26.3 Å². The van der Waals surface area contributed by atoms with Crippen LogP contribution in [0.5, 0.6) is 0 Å². The maximum absolute atomic E-state index is 10.9. The summed E-state index contributed by atoms with van der Waals surface area (Å²) in [4.78, 5) is 10.9. The molecule has 1 rings (SSSR count). The van der Waals surface area contributed by atoms with Gasteiger partial charge in [-0.25, -0.2) is 4.79 Å². The summed E-state index contributed by atoms with van der Waals surface area (Å²) in [5.41, 5.74) is 1.19. The maximum Gasteiger partial charge on any atom is 0.330 e. The average molecular weight is 190 g/mol. The number of carbonyl (C=O) groups is 1. The molecule has 0 spiro atoms. The highest BCUT2D eigenvalue weighted by molar-refractivity contribution is 5.81. The van der Waals surface area contributed by atoms with Crippen molar-refractivity contribution in [1.82, 2.24) is 0 Å². The van der Waals surface area contributed by atoms with E-state index in [0.717, 1.165) is 6.42 Å². The SMILES string of the molecule is CCOC(=O)/C=C/Cc1ccccc1. The van der Waals surface area contributed by atoms with Crippen LogP contribution in [-0.4, -0.2) is 12.6 Å². The van der Waals surface area contributed by atoms with Gasteiger partial charge in [0.2, 0.25) is 0 Å². The summed E-state index contributed by atoms with van der Waals surface area (Å²) < 4.78 is 4.75. The zero-order chi connectivity index (χ0) is 10.2. The number of benzene rings is 1. The van der Waals surface area contributed by atoms with Crippen molar-refractivity contribution in [1.29, 1.82) is 0 Å². The van der Waals surface area contributed by atoms with E-state index in [1.54, 1.807) is 6.92 Å². The Hall–Kier alpha value is -1.57. The number of ether oxygens (including phenoxy) is 1. The monoisotopic (exact) mass is 190 g/mol. The van der Waals surface area contributed by atoms with E-state index in [4.69, 9.17) is 4.74 Å². The van der Waals surface area contributed by atoms with Gasteiger partial charge in [0.1, 0.15) is 0 Å². The van der Waals surface area contributed by atoms with Gasteiger partial charge in [0.25, 0.3) is 0 Å². The van der Waals surface area contributed by atoms with Gasteiger partial charge in [-0.3, -0.25) is 0 Å². The molecule has 0 aliphatic rings. The van der Waals surface area contributed by atoms with E-state index in [1.165, 1.54) is 11.6 Å². The number of hydrogen-bond acceptors (Lipinski definition) is 2. The Balaban J connectivity index is 2.37. The van der Waals surface area contributed by atoms with Crippen LogP contribution in [0.1, 0.15) is 12.5 Å². The third-order valence-electron chi connectivity index (χ3n) is 1.74. The first kappa shape index (κ1) is 10.5. The Kier molecular flexibility index (Phi) is 4.48. The predicted octanol–water partition coefficient (Wildman–Crippen LogP) is 2.35. The highest BCUT2D eigenvalue weighted by Crippen LogP contribution is 1.99. The van der Waals surface area contributed by atoms with Crippen LogP contribution in [0.3, 0.4) is 0 Å². The first-order valence-electron chi connectivity index (χ1n) is 4.70. The summed E-state index contributed by atoms with van der Waals surface area (Å²) in [5, 5.41) is 0. The Bertz CT molecular complexity index is 301. The lowest BCUT2D eigenvalue weighted by Crippen LogP contribution is -1.98. The molecule has 0 saturated carbocycles. The molecule has 0 atom stereocenters. The summed E-state index contributed by atoms with van der Waals surface area (Å²) in [5.74, 6) is -0.275. The molecule has 0 heterocycles. The molecule has 0 radical (unpaired) electrons. The number of carbonyl (C=O) groups excluding carboxylic acids is 1. The van der Waals surface area contributed by atoms with Gasteiger partial charge in [-0.1, -0.05) is 36.4 Å². The van der Waals surface area contributed by atoms with Crippen LogP contribution in [0.4, 0.5) is 0 Å². The number of hydrogen-bond donors (Lipinski definition) is 0. The van der Waals surface area contributed by atoms with Crippen molar-refractivity contribution in [3.8, 4) is 0 Å². The van der Waals surface area contributed by atoms with Crippen molar-refractivity contribution in [3.05, 3.63) is 48.0 Å². The van der Waals surface area contributed by atoms with E-state index in [1.807, 2.05) is 36.4 Å².